The van der Waals surface area contributed by atoms with Crippen LogP contribution in [0.15, 0.2) is 59.5 Å². The first-order valence-electron chi connectivity index (χ1n) is 7.63. The molecule has 1 unspecified atom stereocenters. The summed E-state index contributed by atoms with van der Waals surface area (Å²) in [4.78, 5) is 14.1. The van der Waals surface area contributed by atoms with Crippen molar-refractivity contribution in [1.82, 2.24) is 10.2 Å². The van der Waals surface area contributed by atoms with Crippen LogP contribution < -0.4 is 5.32 Å². The van der Waals surface area contributed by atoms with Crippen molar-refractivity contribution in [3.8, 4) is 0 Å². The first-order chi connectivity index (χ1) is 11.3. The van der Waals surface area contributed by atoms with E-state index in [1.165, 1.54) is 6.26 Å². The van der Waals surface area contributed by atoms with Crippen LogP contribution in [-0.4, -0.2) is 32.7 Å². The third-order valence-corrected chi connectivity index (χ3v) is 5.11. The molecule has 0 heterocycles. The van der Waals surface area contributed by atoms with Crippen molar-refractivity contribution in [1.29, 1.82) is 0 Å². The van der Waals surface area contributed by atoms with Crippen LogP contribution in [0, 0.1) is 0 Å². The van der Waals surface area contributed by atoms with Gasteiger partial charge in [0.1, 0.15) is 0 Å². The van der Waals surface area contributed by atoms with Gasteiger partial charge in [-0.25, -0.2) is 13.2 Å². The first kappa shape index (κ1) is 18.0. The minimum Gasteiger partial charge on any atom is -0.334 e. The maximum absolute atomic E-state index is 12.3. The lowest BCUT2D eigenvalue weighted by Gasteiger charge is -2.25. The van der Waals surface area contributed by atoms with E-state index in [1.807, 2.05) is 37.3 Å². The maximum atomic E-state index is 12.3. The number of amides is 2. The lowest BCUT2D eigenvalue weighted by atomic mass is 10.1. The number of nitrogens with zero attached hydrogens (tertiary/aromatic N) is 1. The maximum Gasteiger partial charge on any atom is 0.317 e. The van der Waals surface area contributed by atoms with E-state index in [0.717, 1.165) is 11.1 Å². The van der Waals surface area contributed by atoms with Gasteiger partial charge in [0.15, 0.2) is 9.84 Å². The SMILES string of the molecule is CC(c1ccc(S(C)(=O)=O)cc1)N(C)C(=O)NCc1ccccc1. The highest BCUT2D eigenvalue weighted by Crippen LogP contribution is 2.20. The van der Waals surface area contributed by atoms with Crippen molar-refractivity contribution in [2.24, 2.45) is 0 Å². The van der Waals surface area contributed by atoms with E-state index < -0.39 is 9.84 Å². The van der Waals surface area contributed by atoms with Gasteiger partial charge in [0, 0.05) is 19.8 Å². The van der Waals surface area contributed by atoms with E-state index in [9.17, 15) is 13.2 Å². The van der Waals surface area contributed by atoms with Crippen LogP contribution in [0.3, 0.4) is 0 Å². The quantitative estimate of drug-likeness (QED) is 0.905. The van der Waals surface area contributed by atoms with Crippen LogP contribution in [0.4, 0.5) is 4.79 Å². The molecule has 0 bridgehead atoms. The van der Waals surface area contributed by atoms with Crippen LogP contribution in [-0.2, 0) is 16.4 Å². The molecule has 0 fully saturated rings. The Morgan fingerprint density at radius 2 is 1.67 bits per heavy atom. The van der Waals surface area contributed by atoms with Gasteiger partial charge in [-0.1, -0.05) is 42.5 Å². The van der Waals surface area contributed by atoms with Gasteiger partial charge in [-0.2, -0.15) is 0 Å². The largest absolute Gasteiger partial charge is 0.334 e. The molecular weight excluding hydrogens is 324 g/mol. The highest BCUT2D eigenvalue weighted by Gasteiger charge is 2.17. The molecule has 2 rings (SSSR count). The van der Waals surface area contributed by atoms with E-state index >= 15 is 0 Å². The molecule has 0 aliphatic rings. The molecule has 0 saturated carbocycles. The van der Waals surface area contributed by atoms with Gasteiger partial charge in [0.05, 0.1) is 10.9 Å². The molecule has 0 saturated heterocycles. The van der Waals surface area contributed by atoms with E-state index in [2.05, 4.69) is 5.32 Å². The molecule has 2 aromatic rings. The van der Waals surface area contributed by atoms with Crippen molar-refractivity contribution in [3.63, 3.8) is 0 Å². The van der Waals surface area contributed by atoms with E-state index in [-0.39, 0.29) is 17.0 Å². The molecule has 0 radical (unpaired) electrons. The number of hydrogen-bond donors (Lipinski definition) is 1. The van der Waals surface area contributed by atoms with Gasteiger partial charge in [0.25, 0.3) is 0 Å². The van der Waals surface area contributed by atoms with Gasteiger partial charge in [0.2, 0.25) is 0 Å². The van der Waals surface area contributed by atoms with Crippen LogP contribution in [0.2, 0.25) is 0 Å². The second kappa shape index (κ2) is 7.49. The fourth-order valence-electron chi connectivity index (χ4n) is 2.29. The summed E-state index contributed by atoms with van der Waals surface area (Å²) in [5.41, 5.74) is 1.91. The van der Waals surface area contributed by atoms with E-state index in [4.69, 9.17) is 0 Å². The fourth-order valence-corrected chi connectivity index (χ4v) is 2.92. The minimum absolute atomic E-state index is 0.172. The summed E-state index contributed by atoms with van der Waals surface area (Å²) >= 11 is 0. The fraction of sp³-hybridized carbons (Fsp3) is 0.278. The average molecular weight is 346 g/mol. The highest BCUT2D eigenvalue weighted by atomic mass is 32.2. The number of urea groups is 1. The number of rotatable bonds is 5. The standard InChI is InChI=1S/C18H22N2O3S/c1-14(16-9-11-17(12-10-16)24(3,22)23)20(2)18(21)19-13-15-7-5-4-6-8-15/h4-12,14H,13H2,1-3H3,(H,19,21). The smallest absolute Gasteiger partial charge is 0.317 e. The molecule has 0 aliphatic carbocycles. The zero-order valence-corrected chi connectivity index (χ0v) is 14.9. The second-order valence-corrected chi connectivity index (χ2v) is 7.79. The molecule has 5 nitrogen and oxygen atoms in total. The van der Waals surface area contributed by atoms with Crippen molar-refractivity contribution in [2.45, 2.75) is 24.4 Å². The molecule has 2 aromatic carbocycles. The summed E-state index contributed by atoms with van der Waals surface area (Å²) in [6.07, 6.45) is 1.18. The number of carbonyl (C=O) groups is 1. The Bertz CT molecular complexity index is 787. The normalized spacial score (nSPS) is 12.5. The van der Waals surface area contributed by atoms with Gasteiger partial charge < -0.3 is 10.2 Å². The van der Waals surface area contributed by atoms with Crippen LogP contribution in [0.1, 0.15) is 24.1 Å². The molecule has 2 amide bonds. The van der Waals surface area contributed by atoms with Gasteiger partial charge >= 0.3 is 6.03 Å². The minimum atomic E-state index is -3.21. The highest BCUT2D eigenvalue weighted by molar-refractivity contribution is 7.90. The molecule has 0 aromatic heterocycles. The predicted molar refractivity (Wildman–Crippen MR) is 94.4 cm³/mol. The summed E-state index contributed by atoms with van der Waals surface area (Å²) in [6, 6.07) is 15.9. The van der Waals surface area contributed by atoms with Gasteiger partial charge in [-0.15, -0.1) is 0 Å². The number of benzene rings is 2. The van der Waals surface area contributed by atoms with Crippen LogP contribution in [0.25, 0.3) is 0 Å². The Kier molecular flexibility index (Phi) is 5.62. The van der Waals surface area contributed by atoms with Crippen LogP contribution >= 0.6 is 0 Å². The summed E-state index contributed by atoms with van der Waals surface area (Å²) in [6.45, 7) is 2.36. The molecule has 6 heteroatoms. The summed E-state index contributed by atoms with van der Waals surface area (Å²) in [5, 5.41) is 2.88. The Morgan fingerprint density at radius 1 is 1.08 bits per heavy atom. The Balaban J connectivity index is 2.00. The first-order valence-corrected chi connectivity index (χ1v) is 9.53. The van der Waals surface area contributed by atoms with E-state index in [0.29, 0.717) is 6.54 Å². The number of sulfone groups is 1. The number of carbonyl (C=O) groups excluding carboxylic acids is 1. The van der Waals surface area contributed by atoms with Crippen LogP contribution in [0.5, 0.6) is 0 Å². The molecule has 128 valence electrons. The average Bonchev–Trinajstić information content (AvgIpc) is 2.58. The Hall–Kier alpha value is -2.34. The summed E-state index contributed by atoms with van der Waals surface area (Å²) in [5.74, 6) is 0. The number of nitrogens with one attached hydrogen (secondary N) is 1. The predicted octanol–water partition coefficient (Wildman–Crippen LogP) is 2.99. The molecule has 0 spiro atoms. The van der Waals surface area contributed by atoms with Crippen molar-refractivity contribution < 1.29 is 13.2 Å². The molecule has 1 atom stereocenters. The Morgan fingerprint density at radius 3 is 2.21 bits per heavy atom. The van der Waals surface area contributed by atoms with Crippen molar-refractivity contribution in [3.05, 3.63) is 65.7 Å². The molecular formula is C18H22N2O3S. The monoisotopic (exact) mass is 346 g/mol. The summed E-state index contributed by atoms with van der Waals surface area (Å²) in [7, 11) is -1.50. The van der Waals surface area contributed by atoms with Gasteiger partial charge in [-0.3, -0.25) is 0 Å². The zero-order valence-electron chi connectivity index (χ0n) is 14.1. The lowest BCUT2D eigenvalue weighted by Crippen LogP contribution is -2.38. The third kappa shape index (κ3) is 4.58. The van der Waals surface area contributed by atoms with Crippen molar-refractivity contribution >= 4 is 15.9 Å². The van der Waals surface area contributed by atoms with Gasteiger partial charge in [-0.05, 0) is 30.2 Å². The topological polar surface area (TPSA) is 66.5 Å². The number of hydrogen-bond acceptors (Lipinski definition) is 3. The lowest BCUT2D eigenvalue weighted by molar-refractivity contribution is 0.194. The second-order valence-electron chi connectivity index (χ2n) is 5.77. The van der Waals surface area contributed by atoms with E-state index in [1.54, 1.807) is 36.2 Å². The zero-order chi connectivity index (χ0) is 17.7. The molecule has 24 heavy (non-hydrogen) atoms. The third-order valence-electron chi connectivity index (χ3n) is 3.98. The molecule has 0 aliphatic heterocycles. The van der Waals surface area contributed by atoms with Crippen molar-refractivity contribution in [2.75, 3.05) is 13.3 Å². The molecule has 1 N–H and O–H groups in total. The summed E-state index contributed by atoms with van der Waals surface area (Å²) < 4.78 is 23.0. The Labute approximate surface area is 143 Å².